The quantitative estimate of drug-likeness (QED) is 0.0889. The molecule has 0 aliphatic rings. The highest BCUT2D eigenvalue weighted by Gasteiger charge is 2.30. The molecule has 0 aliphatic carbocycles. The Morgan fingerprint density at radius 1 is 0.897 bits per heavy atom. The van der Waals surface area contributed by atoms with Gasteiger partial charge in [-0.1, -0.05) is 18.2 Å². The van der Waals surface area contributed by atoms with Crippen molar-refractivity contribution in [3.05, 3.63) is 36.0 Å². The Morgan fingerprint density at radius 3 is 2.18 bits per heavy atom. The van der Waals surface area contributed by atoms with Gasteiger partial charge in [0, 0.05) is 35.7 Å². The first-order valence-corrected chi connectivity index (χ1v) is 13.2. The summed E-state index contributed by atoms with van der Waals surface area (Å²) in [7, 11) is 0. The molecule has 1 heterocycles. The lowest BCUT2D eigenvalue weighted by Crippen LogP contribution is -2.58. The summed E-state index contributed by atoms with van der Waals surface area (Å²) in [5, 5.41) is 26.7. The second-order valence-corrected chi connectivity index (χ2v) is 9.46. The number of carbonyl (C=O) groups is 5. The summed E-state index contributed by atoms with van der Waals surface area (Å²) < 4.78 is 0. The highest BCUT2D eigenvalue weighted by Crippen LogP contribution is 2.19. The van der Waals surface area contributed by atoms with Crippen molar-refractivity contribution in [1.29, 1.82) is 0 Å². The third kappa shape index (κ3) is 9.89. The van der Waals surface area contributed by atoms with Crippen molar-refractivity contribution < 1.29 is 34.2 Å². The van der Waals surface area contributed by atoms with Gasteiger partial charge in [0.25, 0.3) is 0 Å². The van der Waals surface area contributed by atoms with Crippen LogP contribution in [0.15, 0.2) is 30.5 Å². The first kappa shape index (κ1) is 31.6. The minimum Gasteiger partial charge on any atom is -0.481 e. The van der Waals surface area contributed by atoms with Crippen LogP contribution in [0, 0.1) is 0 Å². The number of carboxylic acids is 2. The fourth-order valence-corrected chi connectivity index (χ4v) is 4.16. The molecule has 214 valence electrons. The molecule has 1 aromatic carbocycles. The Bertz CT molecular complexity index is 1160. The van der Waals surface area contributed by atoms with Crippen LogP contribution >= 0.6 is 12.6 Å². The van der Waals surface area contributed by atoms with E-state index in [0.717, 1.165) is 10.9 Å². The Balaban J connectivity index is 2.19. The second-order valence-electron chi connectivity index (χ2n) is 9.09. The lowest BCUT2D eigenvalue weighted by molar-refractivity contribution is -0.142. The number of rotatable bonds is 17. The zero-order valence-corrected chi connectivity index (χ0v) is 22.3. The van der Waals surface area contributed by atoms with E-state index >= 15 is 0 Å². The first-order chi connectivity index (χ1) is 18.6. The van der Waals surface area contributed by atoms with E-state index in [1.807, 2.05) is 24.3 Å². The van der Waals surface area contributed by atoms with E-state index in [0.29, 0.717) is 24.9 Å². The summed E-state index contributed by atoms with van der Waals surface area (Å²) in [4.78, 5) is 64.4. The molecule has 3 amide bonds. The number of aromatic amines is 1. The van der Waals surface area contributed by atoms with Gasteiger partial charge in [0.1, 0.15) is 18.1 Å². The molecule has 2 aromatic rings. The van der Waals surface area contributed by atoms with E-state index in [1.54, 1.807) is 6.20 Å². The lowest BCUT2D eigenvalue weighted by Gasteiger charge is -2.24. The van der Waals surface area contributed by atoms with Crippen LogP contribution in [0.1, 0.15) is 37.7 Å². The number of aromatic nitrogens is 1. The molecule has 0 saturated heterocycles. The number of hydrogen-bond acceptors (Lipinski definition) is 8. The van der Waals surface area contributed by atoms with Gasteiger partial charge in [-0.15, -0.1) is 0 Å². The summed E-state index contributed by atoms with van der Waals surface area (Å²) in [6, 6.07) is 2.64. The Morgan fingerprint density at radius 2 is 1.54 bits per heavy atom. The monoisotopic (exact) mass is 564 g/mol. The van der Waals surface area contributed by atoms with Crippen molar-refractivity contribution in [3.63, 3.8) is 0 Å². The van der Waals surface area contributed by atoms with Crippen LogP contribution in [0.4, 0.5) is 0 Å². The van der Waals surface area contributed by atoms with Gasteiger partial charge in [-0.2, -0.15) is 12.6 Å². The Labute approximate surface area is 230 Å². The van der Waals surface area contributed by atoms with Crippen LogP contribution < -0.4 is 27.4 Å². The zero-order valence-electron chi connectivity index (χ0n) is 21.4. The normalized spacial score (nSPS) is 14.1. The molecular weight excluding hydrogens is 528 g/mol. The number of H-pyrrole nitrogens is 1. The number of amides is 3. The molecule has 0 aliphatic heterocycles. The number of aliphatic carboxylic acids is 2. The Hall–Kier alpha value is -3.62. The third-order valence-corrected chi connectivity index (χ3v) is 6.48. The number of nitrogens with two attached hydrogens (primary N) is 2. The van der Waals surface area contributed by atoms with Crippen LogP contribution in [-0.4, -0.2) is 81.3 Å². The molecule has 1 aromatic heterocycles. The minimum absolute atomic E-state index is 0.0327. The number of nitrogens with one attached hydrogen (secondary N) is 4. The number of carbonyl (C=O) groups excluding carboxylic acids is 3. The molecule has 0 radical (unpaired) electrons. The number of hydrogen-bond donors (Lipinski definition) is 9. The van der Waals surface area contributed by atoms with Crippen LogP contribution in [0.3, 0.4) is 0 Å². The molecule has 14 heteroatoms. The minimum atomic E-state index is -1.22. The van der Waals surface area contributed by atoms with Gasteiger partial charge >= 0.3 is 11.9 Å². The van der Waals surface area contributed by atoms with E-state index in [4.69, 9.17) is 16.6 Å². The highest BCUT2D eigenvalue weighted by atomic mass is 32.1. The van der Waals surface area contributed by atoms with E-state index in [9.17, 15) is 29.1 Å². The molecular formula is C25H36N6O7S. The summed E-state index contributed by atoms with van der Waals surface area (Å²) in [5.41, 5.74) is 12.8. The van der Waals surface area contributed by atoms with Crippen molar-refractivity contribution in [2.75, 3.05) is 12.3 Å². The van der Waals surface area contributed by atoms with Crippen molar-refractivity contribution >= 4 is 53.2 Å². The lowest BCUT2D eigenvalue weighted by atomic mass is 10.0. The number of thiol groups is 1. The molecule has 0 fully saturated rings. The summed E-state index contributed by atoms with van der Waals surface area (Å²) in [6.07, 6.45) is 2.52. The molecule has 4 unspecified atom stereocenters. The van der Waals surface area contributed by atoms with Crippen molar-refractivity contribution in [1.82, 2.24) is 20.9 Å². The molecule has 39 heavy (non-hydrogen) atoms. The predicted molar refractivity (Wildman–Crippen MR) is 147 cm³/mol. The summed E-state index contributed by atoms with van der Waals surface area (Å²) in [6.45, 7) is 0.388. The van der Waals surface area contributed by atoms with Crippen molar-refractivity contribution in [3.8, 4) is 0 Å². The maximum absolute atomic E-state index is 13.3. The summed E-state index contributed by atoms with van der Waals surface area (Å²) in [5.74, 6) is -4.66. The smallest absolute Gasteiger partial charge is 0.326 e. The maximum Gasteiger partial charge on any atom is 0.326 e. The van der Waals surface area contributed by atoms with Gasteiger partial charge in [0.2, 0.25) is 17.7 Å². The van der Waals surface area contributed by atoms with Crippen LogP contribution in [0.25, 0.3) is 10.9 Å². The number of fused-ring (bicyclic) bond motifs is 1. The number of para-hydroxylation sites is 1. The molecule has 0 bridgehead atoms. The zero-order chi connectivity index (χ0) is 28.9. The predicted octanol–water partition coefficient (Wildman–Crippen LogP) is -0.500. The van der Waals surface area contributed by atoms with Crippen LogP contribution in [0.2, 0.25) is 0 Å². The molecule has 13 nitrogen and oxygen atoms in total. The molecule has 0 saturated carbocycles. The molecule has 2 rings (SSSR count). The fraction of sp³-hybridized carbons (Fsp3) is 0.480. The Kier molecular flexibility index (Phi) is 12.7. The van der Waals surface area contributed by atoms with E-state index in [2.05, 4.69) is 33.6 Å². The topological polar surface area (TPSA) is 230 Å². The SMILES string of the molecule is NCCCCC(NC(=O)C(CS)NC(=O)C(Cc1c[nH]c2ccccc12)NC(=O)C(N)CCC(=O)O)C(=O)O. The molecule has 10 N–H and O–H groups in total. The van der Waals surface area contributed by atoms with Gasteiger partial charge in [-0.3, -0.25) is 19.2 Å². The fourth-order valence-electron chi connectivity index (χ4n) is 3.91. The van der Waals surface area contributed by atoms with E-state index in [-0.39, 0.29) is 31.4 Å². The highest BCUT2D eigenvalue weighted by molar-refractivity contribution is 7.80. The number of carboxylic acid groups (broad SMARTS) is 2. The maximum atomic E-state index is 13.3. The number of benzene rings is 1. The van der Waals surface area contributed by atoms with Crippen molar-refractivity contribution in [2.45, 2.75) is 62.7 Å². The average Bonchev–Trinajstić information content (AvgIpc) is 3.31. The summed E-state index contributed by atoms with van der Waals surface area (Å²) >= 11 is 4.14. The average molecular weight is 565 g/mol. The second kappa shape index (κ2) is 15.7. The van der Waals surface area contributed by atoms with Gasteiger partial charge in [0.15, 0.2) is 0 Å². The largest absolute Gasteiger partial charge is 0.481 e. The van der Waals surface area contributed by atoms with Crippen molar-refractivity contribution in [2.24, 2.45) is 11.5 Å². The first-order valence-electron chi connectivity index (χ1n) is 12.5. The van der Waals surface area contributed by atoms with Gasteiger partial charge in [0.05, 0.1) is 6.04 Å². The molecule has 4 atom stereocenters. The number of unbranched alkanes of at least 4 members (excludes halogenated alkanes) is 1. The standard InChI is InChI=1S/C25H36N6O7S/c26-10-4-3-7-18(25(37)38)29-24(36)20(13-39)31-23(35)19(30-22(34)16(27)8-9-21(32)33)11-14-12-28-17-6-2-1-5-15(14)17/h1-2,5-6,12,16,18-20,28,39H,3-4,7-11,13,26-27H2,(H,29,36)(H,30,34)(H,31,35)(H,32,33)(H,37,38). The van der Waals surface area contributed by atoms with Gasteiger partial charge in [-0.25, -0.2) is 4.79 Å². The van der Waals surface area contributed by atoms with Crippen LogP contribution in [0.5, 0.6) is 0 Å². The van der Waals surface area contributed by atoms with Crippen LogP contribution in [-0.2, 0) is 30.4 Å². The van der Waals surface area contributed by atoms with E-state index < -0.39 is 53.8 Å². The molecule has 0 spiro atoms. The van der Waals surface area contributed by atoms with E-state index in [1.165, 1.54) is 0 Å². The third-order valence-electron chi connectivity index (χ3n) is 6.11. The van der Waals surface area contributed by atoms with Gasteiger partial charge in [-0.05, 0) is 43.9 Å². The van der Waals surface area contributed by atoms with Gasteiger partial charge < -0.3 is 42.6 Å².